The van der Waals surface area contributed by atoms with Crippen molar-refractivity contribution in [3.05, 3.63) is 48.2 Å². The average molecular weight is 395 g/mol. The number of benzene rings is 1. The van der Waals surface area contributed by atoms with E-state index in [-0.39, 0.29) is 0 Å². The Kier molecular flexibility index (Phi) is 6.44. The molecule has 0 radical (unpaired) electrons. The van der Waals surface area contributed by atoms with Crippen LogP contribution in [0.4, 0.5) is 0 Å². The van der Waals surface area contributed by atoms with Crippen LogP contribution in [0.5, 0.6) is 0 Å². The molecule has 1 aromatic carbocycles. The van der Waals surface area contributed by atoms with Gasteiger partial charge in [-0.2, -0.15) is 4.31 Å². The summed E-state index contributed by atoms with van der Waals surface area (Å²) in [5, 5.41) is 0.839. The molecule has 4 nitrogen and oxygen atoms in total. The third kappa shape index (κ3) is 4.78. The van der Waals surface area contributed by atoms with Gasteiger partial charge in [0.2, 0.25) is 10.0 Å². The van der Waals surface area contributed by atoms with Crippen molar-refractivity contribution in [2.45, 2.75) is 39.8 Å². The van der Waals surface area contributed by atoms with Gasteiger partial charge in [0.05, 0.1) is 5.03 Å². The first-order valence-corrected chi connectivity index (χ1v) is 12.0. The molecule has 0 unspecified atom stereocenters. The summed E-state index contributed by atoms with van der Waals surface area (Å²) in [5.41, 5.74) is 1.23. The van der Waals surface area contributed by atoms with Gasteiger partial charge in [-0.05, 0) is 48.9 Å². The van der Waals surface area contributed by atoms with Gasteiger partial charge in [-0.25, -0.2) is 13.4 Å². The lowest BCUT2D eigenvalue weighted by atomic mass is 10.2. The maximum atomic E-state index is 12.6. The van der Waals surface area contributed by atoms with Crippen LogP contribution in [-0.2, 0) is 15.8 Å². The highest BCUT2D eigenvalue weighted by molar-refractivity contribution is 7.98. The van der Waals surface area contributed by atoms with Crippen LogP contribution in [0.25, 0.3) is 0 Å². The molecule has 0 aliphatic carbocycles. The lowest BCUT2D eigenvalue weighted by Crippen LogP contribution is -2.35. The number of hydrogen-bond acceptors (Lipinski definition) is 5. The zero-order valence-electron chi connectivity index (χ0n) is 14.2. The molecule has 0 spiro atoms. The molecule has 134 valence electrons. The summed E-state index contributed by atoms with van der Waals surface area (Å²) in [6.45, 7) is 1.23. The SMILES string of the molecule is CSc1ccc(CSc2ccc(S(=O)(=O)N3CCCCC3)cn2)cc1. The van der Waals surface area contributed by atoms with Crippen LogP contribution >= 0.6 is 23.5 Å². The Balaban J connectivity index is 1.63. The number of nitrogens with zero attached hydrogens (tertiary/aromatic N) is 2. The van der Waals surface area contributed by atoms with Crippen LogP contribution < -0.4 is 0 Å². The van der Waals surface area contributed by atoms with Gasteiger partial charge >= 0.3 is 0 Å². The van der Waals surface area contributed by atoms with Crippen molar-refractivity contribution in [3.8, 4) is 0 Å². The van der Waals surface area contributed by atoms with Gasteiger partial charge < -0.3 is 0 Å². The first kappa shape index (κ1) is 18.8. The Labute approximate surface area is 158 Å². The summed E-state index contributed by atoms with van der Waals surface area (Å²) in [6.07, 6.45) is 6.54. The smallest absolute Gasteiger partial charge is 0.244 e. The second-order valence-corrected chi connectivity index (χ2v) is 9.75. The van der Waals surface area contributed by atoms with E-state index in [0.717, 1.165) is 30.0 Å². The van der Waals surface area contributed by atoms with Crippen molar-refractivity contribution >= 4 is 33.5 Å². The summed E-state index contributed by atoms with van der Waals surface area (Å²) in [4.78, 5) is 5.89. The summed E-state index contributed by atoms with van der Waals surface area (Å²) in [7, 11) is -3.39. The molecule has 1 fully saturated rings. The lowest BCUT2D eigenvalue weighted by Gasteiger charge is -2.25. The molecule has 7 heteroatoms. The first-order valence-electron chi connectivity index (χ1n) is 8.31. The number of thioether (sulfide) groups is 2. The summed E-state index contributed by atoms with van der Waals surface area (Å²) >= 11 is 3.34. The van der Waals surface area contributed by atoms with Crippen LogP contribution in [0, 0.1) is 0 Å². The minimum absolute atomic E-state index is 0.295. The first-order chi connectivity index (χ1) is 12.1. The van der Waals surface area contributed by atoms with Crippen LogP contribution in [-0.4, -0.2) is 37.1 Å². The van der Waals surface area contributed by atoms with Crippen molar-refractivity contribution in [2.24, 2.45) is 0 Å². The fourth-order valence-electron chi connectivity index (χ4n) is 2.74. The Bertz CT molecular complexity index is 784. The van der Waals surface area contributed by atoms with E-state index in [2.05, 4.69) is 35.5 Å². The quantitative estimate of drug-likeness (QED) is 0.685. The molecule has 1 aromatic heterocycles. The second kappa shape index (κ2) is 8.58. The Hall–Kier alpha value is -1.02. The molecule has 0 bridgehead atoms. The minimum atomic E-state index is -3.39. The van der Waals surface area contributed by atoms with Gasteiger partial charge in [0.1, 0.15) is 4.90 Å². The summed E-state index contributed by atoms with van der Waals surface area (Å²) < 4.78 is 26.8. The Morgan fingerprint density at radius 1 is 1.04 bits per heavy atom. The highest BCUT2D eigenvalue weighted by atomic mass is 32.2. The molecule has 0 amide bonds. The maximum absolute atomic E-state index is 12.6. The van der Waals surface area contributed by atoms with Crippen molar-refractivity contribution in [2.75, 3.05) is 19.3 Å². The van der Waals surface area contributed by atoms with E-state index >= 15 is 0 Å². The fourth-order valence-corrected chi connectivity index (χ4v) is 5.41. The number of pyridine rings is 1. The van der Waals surface area contributed by atoms with Crippen molar-refractivity contribution in [3.63, 3.8) is 0 Å². The molecule has 1 aliphatic heterocycles. The van der Waals surface area contributed by atoms with E-state index in [9.17, 15) is 8.42 Å². The van der Waals surface area contributed by atoms with E-state index < -0.39 is 10.0 Å². The van der Waals surface area contributed by atoms with Gasteiger partial charge in [0, 0.05) is 29.9 Å². The van der Waals surface area contributed by atoms with Gasteiger partial charge in [-0.1, -0.05) is 18.6 Å². The van der Waals surface area contributed by atoms with Gasteiger partial charge in [0.15, 0.2) is 0 Å². The van der Waals surface area contributed by atoms with Crippen molar-refractivity contribution < 1.29 is 8.42 Å². The third-order valence-corrected chi connectivity index (χ3v) is 7.85. The Morgan fingerprint density at radius 2 is 1.76 bits per heavy atom. The number of hydrogen-bond donors (Lipinski definition) is 0. The lowest BCUT2D eigenvalue weighted by molar-refractivity contribution is 0.346. The molecule has 0 N–H and O–H groups in total. The van der Waals surface area contributed by atoms with E-state index in [1.807, 2.05) is 0 Å². The van der Waals surface area contributed by atoms with E-state index in [1.54, 1.807) is 40.0 Å². The molecule has 0 saturated carbocycles. The van der Waals surface area contributed by atoms with Gasteiger partial charge in [-0.15, -0.1) is 23.5 Å². The zero-order valence-corrected chi connectivity index (χ0v) is 16.7. The molecule has 25 heavy (non-hydrogen) atoms. The third-order valence-electron chi connectivity index (χ3n) is 4.21. The maximum Gasteiger partial charge on any atom is 0.244 e. The van der Waals surface area contributed by atoms with Crippen LogP contribution in [0.2, 0.25) is 0 Å². The summed E-state index contributed by atoms with van der Waals surface area (Å²) in [5.74, 6) is 0.819. The standard InChI is InChI=1S/C18H22N2O2S3/c1-23-16-7-5-15(6-8-16)14-24-18-10-9-17(13-19-18)25(21,22)20-11-3-2-4-12-20/h5-10,13H,2-4,11-12,14H2,1H3. The second-order valence-electron chi connectivity index (χ2n) is 5.93. The van der Waals surface area contributed by atoms with Crippen LogP contribution in [0.1, 0.15) is 24.8 Å². The average Bonchev–Trinajstić information content (AvgIpc) is 2.68. The van der Waals surface area contributed by atoms with Crippen molar-refractivity contribution in [1.29, 1.82) is 0 Å². The molecule has 0 atom stereocenters. The van der Waals surface area contributed by atoms with Crippen molar-refractivity contribution in [1.82, 2.24) is 9.29 Å². The van der Waals surface area contributed by atoms with Gasteiger partial charge in [0.25, 0.3) is 0 Å². The molecule has 2 heterocycles. The molecular weight excluding hydrogens is 372 g/mol. The van der Waals surface area contributed by atoms with Gasteiger partial charge in [-0.3, -0.25) is 0 Å². The number of rotatable bonds is 6. The molecule has 1 aliphatic rings. The predicted molar refractivity (Wildman–Crippen MR) is 105 cm³/mol. The normalized spacial score (nSPS) is 16.0. The van der Waals surface area contributed by atoms with E-state index in [4.69, 9.17) is 0 Å². The molecule has 3 rings (SSSR count). The topological polar surface area (TPSA) is 50.3 Å². The Morgan fingerprint density at radius 3 is 2.36 bits per heavy atom. The fraction of sp³-hybridized carbons (Fsp3) is 0.389. The highest BCUT2D eigenvalue weighted by Gasteiger charge is 2.26. The summed E-state index contributed by atoms with van der Waals surface area (Å²) in [6, 6.07) is 11.9. The number of piperidine rings is 1. The zero-order chi connectivity index (χ0) is 17.7. The largest absolute Gasteiger partial charge is 0.249 e. The molecular formula is C18H22N2O2S3. The molecule has 1 saturated heterocycles. The van der Waals surface area contributed by atoms with E-state index in [0.29, 0.717) is 18.0 Å². The molecule has 2 aromatic rings. The monoisotopic (exact) mass is 394 g/mol. The predicted octanol–water partition coefficient (Wildman–Crippen LogP) is 4.27. The van der Waals surface area contributed by atoms with E-state index in [1.165, 1.54) is 16.7 Å². The minimum Gasteiger partial charge on any atom is -0.249 e. The highest BCUT2D eigenvalue weighted by Crippen LogP contribution is 2.25. The number of sulfonamides is 1. The van der Waals surface area contributed by atoms with Crippen LogP contribution in [0.3, 0.4) is 0 Å². The number of aromatic nitrogens is 1. The van der Waals surface area contributed by atoms with Crippen LogP contribution in [0.15, 0.2) is 57.4 Å².